The van der Waals surface area contributed by atoms with Crippen LogP contribution in [0.2, 0.25) is 0 Å². The van der Waals surface area contributed by atoms with Gasteiger partial charge in [-0.15, -0.1) is 0 Å². The van der Waals surface area contributed by atoms with E-state index in [0.717, 1.165) is 17.1 Å². The molecule has 1 saturated heterocycles. The SMILES string of the molecule is O=C(O)C1CC(=O)N(CCc2ccc3c(c2)OCO3)C1. The predicted molar refractivity (Wildman–Crippen MR) is 68.6 cm³/mol. The zero-order chi connectivity index (χ0) is 14.1. The highest BCUT2D eigenvalue weighted by Crippen LogP contribution is 2.32. The Hall–Kier alpha value is -2.24. The van der Waals surface area contributed by atoms with Crippen LogP contribution in [-0.2, 0) is 16.0 Å². The summed E-state index contributed by atoms with van der Waals surface area (Å²) >= 11 is 0. The summed E-state index contributed by atoms with van der Waals surface area (Å²) in [5.74, 6) is -0.100. The Bertz CT molecular complexity index is 556. The first-order valence-corrected chi connectivity index (χ1v) is 6.52. The number of hydrogen-bond donors (Lipinski definition) is 1. The molecule has 2 heterocycles. The van der Waals surface area contributed by atoms with Crippen molar-refractivity contribution >= 4 is 11.9 Å². The van der Waals surface area contributed by atoms with Gasteiger partial charge in [-0.2, -0.15) is 0 Å². The molecule has 0 aliphatic carbocycles. The Morgan fingerprint density at radius 2 is 2.15 bits per heavy atom. The van der Waals surface area contributed by atoms with Crippen LogP contribution < -0.4 is 9.47 Å². The van der Waals surface area contributed by atoms with Crippen molar-refractivity contribution in [3.05, 3.63) is 23.8 Å². The van der Waals surface area contributed by atoms with Crippen molar-refractivity contribution < 1.29 is 24.2 Å². The number of carbonyl (C=O) groups is 2. The quantitative estimate of drug-likeness (QED) is 0.884. The summed E-state index contributed by atoms with van der Waals surface area (Å²) in [7, 11) is 0. The lowest BCUT2D eigenvalue weighted by atomic mass is 10.1. The molecule has 1 fully saturated rings. The number of benzene rings is 1. The van der Waals surface area contributed by atoms with Crippen molar-refractivity contribution in [3.8, 4) is 11.5 Å². The molecule has 0 aromatic heterocycles. The summed E-state index contributed by atoms with van der Waals surface area (Å²) in [4.78, 5) is 24.2. The molecule has 0 saturated carbocycles. The predicted octanol–water partition coefficient (Wildman–Crippen LogP) is 0.891. The number of amides is 1. The Balaban J connectivity index is 1.60. The lowest BCUT2D eigenvalue weighted by Crippen LogP contribution is -2.28. The fourth-order valence-corrected chi connectivity index (χ4v) is 2.51. The minimum atomic E-state index is -0.899. The fourth-order valence-electron chi connectivity index (χ4n) is 2.51. The van der Waals surface area contributed by atoms with Crippen LogP contribution in [-0.4, -0.2) is 41.8 Å². The van der Waals surface area contributed by atoms with Gasteiger partial charge in [0.1, 0.15) is 0 Å². The molecule has 20 heavy (non-hydrogen) atoms. The normalized spacial score (nSPS) is 20.5. The summed E-state index contributed by atoms with van der Waals surface area (Å²) < 4.78 is 10.5. The van der Waals surface area contributed by atoms with Crippen LogP contribution in [0.4, 0.5) is 0 Å². The number of hydrogen-bond acceptors (Lipinski definition) is 4. The zero-order valence-electron chi connectivity index (χ0n) is 10.9. The topological polar surface area (TPSA) is 76.1 Å². The van der Waals surface area contributed by atoms with E-state index >= 15 is 0 Å². The summed E-state index contributed by atoms with van der Waals surface area (Å²) in [5.41, 5.74) is 1.04. The Morgan fingerprint density at radius 3 is 2.90 bits per heavy atom. The van der Waals surface area contributed by atoms with Crippen LogP contribution >= 0.6 is 0 Å². The van der Waals surface area contributed by atoms with E-state index in [1.54, 1.807) is 4.90 Å². The lowest BCUT2D eigenvalue weighted by molar-refractivity contribution is -0.141. The van der Waals surface area contributed by atoms with Crippen molar-refractivity contribution in [3.63, 3.8) is 0 Å². The standard InChI is InChI=1S/C14H15NO5/c16-13-6-10(14(17)18)7-15(13)4-3-9-1-2-11-12(5-9)20-8-19-11/h1-2,5,10H,3-4,6-8H2,(H,17,18). The number of carboxylic acids is 1. The molecular formula is C14H15NO5. The molecule has 6 nitrogen and oxygen atoms in total. The third-order valence-corrected chi connectivity index (χ3v) is 3.67. The van der Waals surface area contributed by atoms with Crippen LogP contribution in [0.25, 0.3) is 0 Å². The molecular weight excluding hydrogens is 262 g/mol. The monoisotopic (exact) mass is 277 g/mol. The molecule has 1 atom stereocenters. The van der Waals surface area contributed by atoms with E-state index in [4.69, 9.17) is 14.6 Å². The highest BCUT2D eigenvalue weighted by Gasteiger charge is 2.33. The highest BCUT2D eigenvalue weighted by atomic mass is 16.7. The average Bonchev–Trinajstić information content (AvgIpc) is 3.02. The molecule has 0 bridgehead atoms. The number of ether oxygens (including phenoxy) is 2. The minimum Gasteiger partial charge on any atom is -0.481 e. The molecule has 6 heteroatoms. The number of rotatable bonds is 4. The van der Waals surface area contributed by atoms with E-state index in [9.17, 15) is 9.59 Å². The van der Waals surface area contributed by atoms with E-state index in [1.807, 2.05) is 18.2 Å². The Labute approximate surface area is 115 Å². The molecule has 0 radical (unpaired) electrons. The Morgan fingerprint density at radius 1 is 1.35 bits per heavy atom. The van der Waals surface area contributed by atoms with Gasteiger partial charge in [0.05, 0.1) is 5.92 Å². The van der Waals surface area contributed by atoms with E-state index in [0.29, 0.717) is 19.5 Å². The van der Waals surface area contributed by atoms with E-state index in [2.05, 4.69) is 0 Å². The van der Waals surface area contributed by atoms with Crippen LogP contribution in [0.1, 0.15) is 12.0 Å². The van der Waals surface area contributed by atoms with Gasteiger partial charge in [0.2, 0.25) is 12.7 Å². The maximum absolute atomic E-state index is 11.7. The number of aliphatic carboxylic acids is 1. The number of fused-ring (bicyclic) bond motifs is 1. The van der Waals surface area contributed by atoms with Crippen molar-refractivity contribution in [2.45, 2.75) is 12.8 Å². The first kappa shape index (κ1) is 12.8. The summed E-state index contributed by atoms with van der Waals surface area (Å²) in [6.45, 7) is 1.07. The van der Waals surface area contributed by atoms with E-state index < -0.39 is 11.9 Å². The average molecular weight is 277 g/mol. The summed E-state index contributed by atoms with van der Waals surface area (Å²) in [5, 5.41) is 8.93. The molecule has 106 valence electrons. The third-order valence-electron chi connectivity index (χ3n) is 3.67. The van der Waals surface area contributed by atoms with Crippen molar-refractivity contribution in [1.82, 2.24) is 4.90 Å². The molecule has 1 aromatic carbocycles. The van der Waals surface area contributed by atoms with Gasteiger partial charge < -0.3 is 19.5 Å². The lowest BCUT2D eigenvalue weighted by Gasteiger charge is -2.15. The second-order valence-electron chi connectivity index (χ2n) is 5.02. The molecule has 1 aromatic rings. The second-order valence-corrected chi connectivity index (χ2v) is 5.02. The molecule has 1 N–H and O–H groups in total. The first-order chi connectivity index (χ1) is 9.63. The maximum Gasteiger partial charge on any atom is 0.308 e. The molecule has 2 aliphatic heterocycles. The van der Waals surface area contributed by atoms with Gasteiger partial charge in [0.15, 0.2) is 11.5 Å². The van der Waals surface area contributed by atoms with E-state index in [-0.39, 0.29) is 19.1 Å². The number of likely N-dealkylation sites (tertiary alicyclic amines) is 1. The molecule has 1 amide bonds. The first-order valence-electron chi connectivity index (χ1n) is 6.52. The van der Waals surface area contributed by atoms with Crippen LogP contribution in [0.5, 0.6) is 11.5 Å². The van der Waals surface area contributed by atoms with Gasteiger partial charge in [-0.1, -0.05) is 6.07 Å². The van der Waals surface area contributed by atoms with Gasteiger partial charge in [-0.05, 0) is 24.1 Å². The van der Waals surface area contributed by atoms with E-state index in [1.165, 1.54) is 0 Å². The number of nitrogens with zero attached hydrogens (tertiary/aromatic N) is 1. The van der Waals surface area contributed by atoms with Gasteiger partial charge in [0.25, 0.3) is 0 Å². The smallest absolute Gasteiger partial charge is 0.308 e. The maximum atomic E-state index is 11.7. The second kappa shape index (κ2) is 5.03. The molecule has 1 unspecified atom stereocenters. The van der Waals surface area contributed by atoms with Gasteiger partial charge in [-0.3, -0.25) is 9.59 Å². The Kier molecular flexibility index (Phi) is 3.22. The molecule has 2 aliphatic rings. The van der Waals surface area contributed by atoms with Crippen molar-refractivity contribution in [2.75, 3.05) is 19.9 Å². The molecule has 3 rings (SSSR count). The summed E-state index contributed by atoms with van der Waals surface area (Å²) in [6.07, 6.45) is 0.783. The fraction of sp³-hybridized carbons (Fsp3) is 0.429. The van der Waals surface area contributed by atoms with Crippen molar-refractivity contribution in [1.29, 1.82) is 0 Å². The third kappa shape index (κ3) is 2.41. The minimum absolute atomic E-state index is 0.0851. The number of carboxylic acid groups (broad SMARTS) is 1. The molecule has 0 spiro atoms. The van der Waals surface area contributed by atoms with Gasteiger partial charge in [0, 0.05) is 19.5 Å². The van der Waals surface area contributed by atoms with Gasteiger partial charge >= 0.3 is 5.97 Å². The highest BCUT2D eigenvalue weighted by molar-refractivity contribution is 5.86. The van der Waals surface area contributed by atoms with Crippen LogP contribution in [0.3, 0.4) is 0 Å². The van der Waals surface area contributed by atoms with Gasteiger partial charge in [-0.25, -0.2) is 0 Å². The largest absolute Gasteiger partial charge is 0.481 e. The van der Waals surface area contributed by atoms with Crippen molar-refractivity contribution in [2.24, 2.45) is 5.92 Å². The van der Waals surface area contributed by atoms with Crippen LogP contribution in [0, 0.1) is 5.92 Å². The summed E-state index contributed by atoms with van der Waals surface area (Å²) in [6, 6.07) is 5.68. The number of carbonyl (C=O) groups excluding carboxylic acids is 1. The van der Waals surface area contributed by atoms with Crippen LogP contribution in [0.15, 0.2) is 18.2 Å². The zero-order valence-corrected chi connectivity index (χ0v) is 10.9.